The number of nitrogens with one attached hydrogen (secondary N) is 3. The Balaban J connectivity index is 0.00000338. The fourth-order valence-electron chi connectivity index (χ4n) is 3.04. The summed E-state index contributed by atoms with van der Waals surface area (Å²) in [6.07, 6.45) is 5.88. The number of ether oxygens (including phenoxy) is 1. The highest BCUT2D eigenvalue weighted by atomic mass is 127. The summed E-state index contributed by atoms with van der Waals surface area (Å²) >= 11 is 0. The molecule has 0 bridgehead atoms. The van der Waals surface area contributed by atoms with Crippen molar-refractivity contribution < 1.29 is 9.53 Å². The number of carbonyl (C=O) groups excluding carboxylic acids is 1. The number of guanidine groups is 1. The van der Waals surface area contributed by atoms with Crippen molar-refractivity contribution in [2.24, 2.45) is 4.99 Å². The van der Waals surface area contributed by atoms with E-state index in [9.17, 15) is 4.79 Å². The Morgan fingerprint density at radius 3 is 2.62 bits per heavy atom. The molecule has 146 valence electrons. The number of benzene rings is 1. The minimum Gasteiger partial charge on any atom is -0.494 e. The maximum atomic E-state index is 12.1. The van der Waals surface area contributed by atoms with Gasteiger partial charge in [-0.2, -0.15) is 0 Å². The Labute approximate surface area is 173 Å². The van der Waals surface area contributed by atoms with Gasteiger partial charge in [0, 0.05) is 25.2 Å². The van der Waals surface area contributed by atoms with Gasteiger partial charge in [-0.05, 0) is 25.8 Å². The molecular weight excluding hydrogens is 443 g/mol. The van der Waals surface area contributed by atoms with E-state index < -0.39 is 0 Å². The molecule has 3 N–H and O–H groups in total. The van der Waals surface area contributed by atoms with E-state index in [0.717, 1.165) is 24.2 Å². The highest BCUT2D eigenvalue weighted by molar-refractivity contribution is 14.0. The predicted molar refractivity (Wildman–Crippen MR) is 116 cm³/mol. The summed E-state index contributed by atoms with van der Waals surface area (Å²) in [5, 5.41) is 9.38. The first kappa shape index (κ1) is 22.5. The van der Waals surface area contributed by atoms with Crippen LogP contribution in [0.5, 0.6) is 5.75 Å². The Hall–Kier alpha value is -1.51. The Kier molecular flexibility index (Phi) is 11.1. The maximum Gasteiger partial charge on any atom is 0.239 e. The second-order valence-corrected chi connectivity index (χ2v) is 6.22. The Morgan fingerprint density at radius 2 is 1.92 bits per heavy atom. The smallest absolute Gasteiger partial charge is 0.239 e. The van der Waals surface area contributed by atoms with Crippen LogP contribution in [-0.4, -0.2) is 38.1 Å². The van der Waals surface area contributed by atoms with Gasteiger partial charge in [-0.3, -0.25) is 9.79 Å². The lowest BCUT2D eigenvalue weighted by Gasteiger charge is -2.23. The highest BCUT2D eigenvalue weighted by Crippen LogP contribution is 2.18. The quantitative estimate of drug-likeness (QED) is 0.323. The zero-order valence-electron chi connectivity index (χ0n) is 15.7. The summed E-state index contributed by atoms with van der Waals surface area (Å²) in [6.45, 7) is 3.41. The summed E-state index contributed by atoms with van der Waals surface area (Å²) in [7, 11) is 1.70. The van der Waals surface area contributed by atoms with Crippen LogP contribution < -0.4 is 20.7 Å². The standard InChI is InChI=1S/C19H30N4O2.HI/c1-3-25-17-12-8-7-9-15(17)13-21-19(20-2)22-14-18(24)23-16-10-5-4-6-11-16;/h7-9,12,16H,3-6,10-11,13-14H2,1-2H3,(H,23,24)(H2,20,21,22);1H. The number of halogens is 1. The van der Waals surface area contributed by atoms with Gasteiger partial charge in [-0.25, -0.2) is 0 Å². The fraction of sp³-hybridized carbons (Fsp3) is 0.579. The van der Waals surface area contributed by atoms with Crippen LogP contribution in [0.25, 0.3) is 0 Å². The number of nitrogens with zero attached hydrogens (tertiary/aromatic N) is 1. The van der Waals surface area contributed by atoms with Gasteiger partial charge in [-0.15, -0.1) is 24.0 Å². The molecule has 0 spiro atoms. The van der Waals surface area contributed by atoms with E-state index in [1.165, 1.54) is 19.3 Å². The lowest BCUT2D eigenvalue weighted by Crippen LogP contribution is -2.45. The second kappa shape index (κ2) is 12.8. The molecule has 0 aromatic heterocycles. The van der Waals surface area contributed by atoms with E-state index in [1.807, 2.05) is 31.2 Å². The number of aliphatic imine (C=N–C) groups is 1. The molecule has 0 radical (unpaired) electrons. The van der Waals surface area contributed by atoms with E-state index in [-0.39, 0.29) is 36.4 Å². The topological polar surface area (TPSA) is 74.8 Å². The number of carbonyl (C=O) groups is 1. The molecule has 0 aliphatic heterocycles. The molecule has 0 saturated heterocycles. The van der Waals surface area contributed by atoms with Crippen LogP contribution >= 0.6 is 24.0 Å². The lowest BCUT2D eigenvalue weighted by atomic mass is 9.95. The van der Waals surface area contributed by atoms with Crippen molar-refractivity contribution in [2.45, 2.75) is 51.6 Å². The SMILES string of the molecule is CCOc1ccccc1CNC(=NC)NCC(=O)NC1CCCCC1.I. The zero-order valence-corrected chi connectivity index (χ0v) is 18.0. The van der Waals surface area contributed by atoms with E-state index in [0.29, 0.717) is 25.2 Å². The predicted octanol–water partition coefficient (Wildman–Crippen LogP) is 2.82. The first-order valence-corrected chi connectivity index (χ1v) is 9.17. The molecule has 1 fully saturated rings. The normalized spacial score (nSPS) is 14.9. The van der Waals surface area contributed by atoms with Crippen LogP contribution in [0, 0.1) is 0 Å². The van der Waals surface area contributed by atoms with Gasteiger partial charge in [0.2, 0.25) is 5.91 Å². The maximum absolute atomic E-state index is 12.1. The van der Waals surface area contributed by atoms with Crippen molar-refractivity contribution in [2.75, 3.05) is 20.2 Å². The summed E-state index contributed by atoms with van der Waals surface area (Å²) < 4.78 is 5.62. The van der Waals surface area contributed by atoms with Gasteiger partial charge in [0.05, 0.1) is 13.2 Å². The zero-order chi connectivity index (χ0) is 17.9. The molecule has 1 amide bonds. The molecule has 26 heavy (non-hydrogen) atoms. The molecule has 6 nitrogen and oxygen atoms in total. The minimum atomic E-state index is 0. The molecule has 7 heteroatoms. The minimum absolute atomic E-state index is 0. The number of amides is 1. The molecule has 1 aliphatic rings. The van der Waals surface area contributed by atoms with Crippen molar-refractivity contribution in [3.05, 3.63) is 29.8 Å². The molecule has 1 aliphatic carbocycles. The molecule has 1 aromatic carbocycles. The van der Waals surface area contributed by atoms with Gasteiger partial charge < -0.3 is 20.7 Å². The average molecular weight is 474 g/mol. The third kappa shape index (κ3) is 7.80. The molecule has 0 heterocycles. The van der Waals surface area contributed by atoms with Crippen molar-refractivity contribution in [3.63, 3.8) is 0 Å². The highest BCUT2D eigenvalue weighted by Gasteiger charge is 2.15. The molecule has 1 aromatic rings. The molecular formula is C19H31IN4O2. The molecule has 2 rings (SSSR count). The summed E-state index contributed by atoms with van der Waals surface area (Å²) in [6, 6.07) is 8.23. The number of rotatable bonds is 7. The van der Waals surface area contributed by atoms with Crippen molar-refractivity contribution >= 4 is 35.8 Å². The molecule has 1 saturated carbocycles. The van der Waals surface area contributed by atoms with E-state index >= 15 is 0 Å². The van der Waals surface area contributed by atoms with Gasteiger partial charge in [0.1, 0.15) is 5.75 Å². The second-order valence-electron chi connectivity index (χ2n) is 6.22. The van der Waals surface area contributed by atoms with Crippen LogP contribution in [0.3, 0.4) is 0 Å². The molecule has 0 unspecified atom stereocenters. The fourth-order valence-corrected chi connectivity index (χ4v) is 3.04. The number of para-hydroxylation sites is 1. The van der Waals surface area contributed by atoms with Crippen molar-refractivity contribution in [1.82, 2.24) is 16.0 Å². The van der Waals surface area contributed by atoms with Crippen LogP contribution in [-0.2, 0) is 11.3 Å². The number of hydrogen-bond donors (Lipinski definition) is 3. The van der Waals surface area contributed by atoms with Gasteiger partial charge in [-0.1, -0.05) is 37.5 Å². The lowest BCUT2D eigenvalue weighted by molar-refractivity contribution is -0.120. The van der Waals surface area contributed by atoms with E-state index in [1.54, 1.807) is 7.05 Å². The monoisotopic (exact) mass is 474 g/mol. The summed E-state index contributed by atoms with van der Waals surface area (Å²) in [5.74, 6) is 1.48. The third-order valence-corrected chi connectivity index (χ3v) is 4.33. The first-order chi connectivity index (χ1) is 12.2. The Morgan fingerprint density at radius 1 is 1.19 bits per heavy atom. The van der Waals surface area contributed by atoms with Crippen molar-refractivity contribution in [3.8, 4) is 5.75 Å². The van der Waals surface area contributed by atoms with Crippen LogP contribution in [0.15, 0.2) is 29.3 Å². The third-order valence-electron chi connectivity index (χ3n) is 4.33. The van der Waals surface area contributed by atoms with E-state index in [4.69, 9.17) is 4.74 Å². The summed E-state index contributed by atoms with van der Waals surface area (Å²) in [5.41, 5.74) is 1.05. The summed E-state index contributed by atoms with van der Waals surface area (Å²) in [4.78, 5) is 16.2. The van der Waals surface area contributed by atoms with Gasteiger partial charge in [0.15, 0.2) is 5.96 Å². The van der Waals surface area contributed by atoms with Crippen LogP contribution in [0.2, 0.25) is 0 Å². The largest absolute Gasteiger partial charge is 0.494 e. The average Bonchev–Trinajstić information content (AvgIpc) is 2.64. The van der Waals surface area contributed by atoms with Crippen LogP contribution in [0.4, 0.5) is 0 Å². The van der Waals surface area contributed by atoms with Gasteiger partial charge in [0.25, 0.3) is 0 Å². The Bertz CT molecular complexity index is 574. The van der Waals surface area contributed by atoms with Crippen molar-refractivity contribution in [1.29, 1.82) is 0 Å². The van der Waals surface area contributed by atoms with E-state index in [2.05, 4.69) is 20.9 Å². The van der Waals surface area contributed by atoms with Gasteiger partial charge >= 0.3 is 0 Å². The number of hydrogen-bond acceptors (Lipinski definition) is 3. The molecule has 0 atom stereocenters. The first-order valence-electron chi connectivity index (χ1n) is 9.17. The van der Waals surface area contributed by atoms with Crippen LogP contribution in [0.1, 0.15) is 44.6 Å².